The standard InChI is InChI=1S/C27H27BrN2O/c1-19-10-11-20(2)23(14-19)18-30-17-22(25-8-3-4-9-26(25)30)12-13-27(31)29-16-21-6-5-7-24(28)15-21/h3-11,14-15,17H,12-13,16,18H2,1-2H3,(H,29,31). The Morgan fingerprint density at radius 1 is 0.968 bits per heavy atom. The molecule has 1 amide bonds. The number of para-hydroxylation sites is 1. The van der Waals surface area contributed by atoms with Crippen molar-refractivity contribution in [3.8, 4) is 0 Å². The molecule has 0 saturated heterocycles. The van der Waals surface area contributed by atoms with Crippen LogP contribution in [-0.2, 0) is 24.3 Å². The number of carbonyl (C=O) groups is 1. The normalized spacial score (nSPS) is 11.1. The summed E-state index contributed by atoms with van der Waals surface area (Å²) in [5.74, 6) is 0.0753. The van der Waals surface area contributed by atoms with E-state index in [9.17, 15) is 4.79 Å². The van der Waals surface area contributed by atoms with Crippen molar-refractivity contribution in [2.24, 2.45) is 0 Å². The predicted octanol–water partition coefficient (Wildman–Crippen LogP) is 6.32. The van der Waals surface area contributed by atoms with E-state index in [1.54, 1.807) is 0 Å². The van der Waals surface area contributed by atoms with E-state index in [4.69, 9.17) is 0 Å². The van der Waals surface area contributed by atoms with Crippen LogP contribution >= 0.6 is 15.9 Å². The Bertz CT molecular complexity index is 1230. The molecule has 3 nitrogen and oxygen atoms in total. The quantitative estimate of drug-likeness (QED) is 0.334. The largest absolute Gasteiger partial charge is 0.352 e. The number of rotatable bonds is 7. The molecule has 0 aliphatic carbocycles. The summed E-state index contributed by atoms with van der Waals surface area (Å²) in [5.41, 5.74) is 7.44. The van der Waals surface area contributed by atoms with E-state index in [1.165, 1.54) is 33.2 Å². The van der Waals surface area contributed by atoms with E-state index in [-0.39, 0.29) is 5.91 Å². The molecule has 0 aliphatic heterocycles. The number of hydrogen-bond donors (Lipinski definition) is 1. The number of nitrogens with zero attached hydrogens (tertiary/aromatic N) is 1. The highest BCUT2D eigenvalue weighted by atomic mass is 79.9. The molecule has 0 radical (unpaired) electrons. The van der Waals surface area contributed by atoms with E-state index >= 15 is 0 Å². The van der Waals surface area contributed by atoms with Gasteiger partial charge in [-0.25, -0.2) is 0 Å². The predicted molar refractivity (Wildman–Crippen MR) is 131 cm³/mol. The van der Waals surface area contributed by atoms with Gasteiger partial charge in [0, 0.05) is 41.1 Å². The highest BCUT2D eigenvalue weighted by Gasteiger charge is 2.11. The number of hydrogen-bond acceptors (Lipinski definition) is 1. The van der Waals surface area contributed by atoms with Crippen molar-refractivity contribution < 1.29 is 4.79 Å². The van der Waals surface area contributed by atoms with Crippen LogP contribution in [0.4, 0.5) is 0 Å². The van der Waals surface area contributed by atoms with E-state index in [0.717, 1.165) is 23.0 Å². The van der Waals surface area contributed by atoms with Crippen molar-refractivity contribution in [2.75, 3.05) is 0 Å². The third-order valence-corrected chi connectivity index (χ3v) is 6.21. The molecular weight excluding hydrogens is 448 g/mol. The van der Waals surface area contributed by atoms with Crippen LogP contribution < -0.4 is 5.32 Å². The summed E-state index contributed by atoms with van der Waals surface area (Å²) in [5, 5.41) is 4.27. The van der Waals surface area contributed by atoms with Crippen LogP contribution in [0.15, 0.2) is 77.4 Å². The van der Waals surface area contributed by atoms with E-state index in [1.807, 2.05) is 24.3 Å². The number of fused-ring (bicyclic) bond motifs is 1. The smallest absolute Gasteiger partial charge is 0.220 e. The van der Waals surface area contributed by atoms with Crippen LogP contribution in [0.25, 0.3) is 10.9 Å². The maximum atomic E-state index is 12.5. The first kappa shape index (κ1) is 21.4. The van der Waals surface area contributed by atoms with Crippen LogP contribution in [0.3, 0.4) is 0 Å². The fraction of sp³-hybridized carbons (Fsp3) is 0.222. The minimum atomic E-state index is 0.0753. The molecule has 0 atom stereocenters. The average Bonchev–Trinajstić information content (AvgIpc) is 3.11. The number of aryl methyl sites for hydroxylation is 3. The Morgan fingerprint density at radius 3 is 2.65 bits per heavy atom. The Morgan fingerprint density at radius 2 is 1.81 bits per heavy atom. The first-order valence-corrected chi connectivity index (χ1v) is 11.4. The number of amides is 1. The van der Waals surface area contributed by atoms with Gasteiger partial charge in [0.1, 0.15) is 0 Å². The number of benzene rings is 3. The summed E-state index contributed by atoms with van der Waals surface area (Å²) in [4.78, 5) is 12.5. The summed E-state index contributed by atoms with van der Waals surface area (Å²) in [6.07, 6.45) is 3.42. The first-order valence-electron chi connectivity index (χ1n) is 10.6. The van der Waals surface area contributed by atoms with Gasteiger partial charge in [-0.1, -0.05) is 70.0 Å². The van der Waals surface area contributed by atoms with Gasteiger partial charge in [-0.3, -0.25) is 4.79 Å². The fourth-order valence-electron chi connectivity index (χ4n) is 3.99. The van der Waals surface area contributed by atoms with Crippen molar-refractivity contribution in [3.05, 3.63) is 105 Å². The van der Waals surface area contributed by atoms with E-state index < -0.39 is 0 Å². The highest BCUT2D eigenvalue weighted by molar-refractivity contribution is 9.10. The minimum Gasteiger partial charge on any atom is -0.352 e. The van der Waals surface area contributed by atoms with Crippen molar-refractivity contribution in [3.63, 3.8) is 0 Å². The molecule has 0 spiro atoms. The topological polar surface area (TPSA) is 34.0 Å². The van der Waals surface area contributed by atoms with Gasteiger partial charge in [-0.15, -0.1) is 0 Å². The molecule has 3 aromatic carbocycles. The van der Waals surface area contributed by atoms with Crippen molar-refractivity contribution in [1.29, 1.82) is 0 Å². The Labute approximate surface area is 192 Å². The second-order valence-electron chi connectivity index (χ2n) is 8.14. The molecule has 0 saturated carbocycles. The van der Waals surface area contributed by atoms with Crippen LogP contribution in [0.5, 0.6) is 0 Å². The van der Waals surface area contributed by atoms with Gasteiger partial charge in [0.05, 0.1) is 0 Å². The highest BCUT2D eigenvalue weighted by Crippen LogP contribution is 2.24. The van der Waals surface area contributed by atoms with Gasteiger partial charge >= 0.3 is 0 Å². The summed E-state index contributed by atoms with van der Waals surface area (Å²) in [6, 6.07) is 23.1. The molecular formula is C27H27BrN2O. The summed E-state index contributed by atoms with van der Waals surface area (Å²) in [6.45, 7) is 5.68. The third-order valence-electron chi connectivity index (χ3n) is 5.72. The lowest BCUT2D eigenvalue weighted by Crippen LogP contribution is -2.22. The molecule has 1 N–H and O–H groups in total. The van der Waals surface area contributed by atoms with Crippen molar-refractivity contribution in [2.45, 2.75) is 39.8 Å². The maximum absolute atomic E-state index is 12.5. The molecule has 4 heteroatoms. The van der Waals surface area contributed by atoms with Crippen LogP contribution in [0.2, 0.25) is 0 Å². The molecule has 158 valence electrons. The molecule has 1 aromatic heterocycles. The molecule has 31 heavy (non-hydrogen) atoms. The van der Waals surface area contributed by atoms with Gasteiger partial charge in [0.25, 0.3) is 0 Å². The zero-order valence-corrected chi connectivity index (χ0v) is 19.6. The molecule has 4 rings (SSSR count). The number of carbonyl (C=O) groups excluding carboxylic acids is 1. The number of halogens is 1. The van der Waals surface area contributed by atoms with Crippen LogP contribution in [0, 0.1) is 13.8 Å². The zero-order chi connectivity index (χ0) is 21.8. The molecule has 1 heterocycles. The summed E-state index contributed by atoms with van der Waals surface area (Å²) < 4.78 is 3.34. The molecule has 0 aliphatic rings. The number of nitrogens with one attached hydrogen (secondary N) is 1. The van der Waals surface area contributed by atoms with Gasteiger partial charge in [-0.2, -0.15) is 0 Å². The van der Waals surface area contributed by atoms with E-state index in [0.29, 0.717) is 13.0 Å². The Hall–Kier alpha value is -2.85. The third kappa shape index (κ3) is 5.26. The minimum absolute atomic E-state index is 0.0753. The molecule has 0 bridgehead atoms. The number of aromatic nitrogens is 1. The molecule has 0 fully saturated rings. The lowest BCUT2D eigenvalue weighted by Gasteiger charge is -2.10. The van der Waals surface area contributed by atoms with E-state index in [2.05, 4.69) is 88.3 Å². The van der Waals surface area contributed by atoms with Crippen molar-refractivity contribution >= 4 is 32.7 Å². The van der Waals surface area contributed by atoms with Gasteiger partial charge in [0.15, 0.2) is 0 Å². The summed E-state index contributed by atoms with van der Waals surface area (Å²) in [7, 11) is 0. The maximum Gasteiger partial charge on any atom is 0.220 e. The monoisotopic (exact) mass is 474 g/mol. The van der Waals surface area contributed by atoms with Crippen LogP contribution in [0.1, 0.15) is 34.2 Å². The lowest BCUT2D eigenvalue weighted by atomic mass is 10.1. The zero-order valence-electron chi connectivity index (χ0n) is 18.0. The van der Waals surface area contributed by atoms with Gasteiger partial charge < -0.3 is 9.88 Å². The summed E-state index contributed by atoms with van der Waals surface area (Å²) >= 11 is 3.47. The van der Waals surface area contributed by atoms with Crippen LogP contribution in [-0.4, -0.2) is 10.5 Å². The fourth-order valence-corrected chi connectivity index (χ4v) is 4.44. The second-order valence-corrected chi connectivity index (χ2v) is 9.05. The molecule has 4 aromatic rings. The average molecular weight is 475 g/mol. The SMILES string of the molecule is Cc1ccc(C)c(Cn2cc(CCC(=O)NCc3cccc(Br)c3)c3ccccc32)c1. The first-order chi connectivity index (χ1) is 15.0. The second kappa shape index (κ2) is 9.52. The Kier molecular flexibility index (Phi) is 6.57. The van der Waals surface area contributed by atoms with Gasteiger partial charge in [0.2, 0.25) is 5.91 Å². The van der Waals surface area contributed by atoms with Crippen molar-refractivity contribution in [1.82, 2.24) is 9.88 Å². The lowest BCUT2D eigenvalue weighted by molar-refractivity contribution is -0.121. The molecule has 0 unspecified atom stereocenters. The Balaban J connectivity index is 1.46. The van der Waals surface area contributed by atoms with Gasteiger partial charge in [-0.05, 0) is 60.7 Å².